The molecule has 1 aliphatic rings. The summed E-state index contributed by atoms with van der Waals surface area (Å²) >= 11 is 1.57. The molecular formula is C20H20N2O2S. The molecule has 1 N–H and O–H groups in total. The highest BCUT2D eigenvalue weighted by Gasteiger charge is 2.33. The molecule has 1 amide bonds. The second-order valence-corrected chi connectivity index (χ2v) is 7.64. The molecular weight excluding hydrogens is 332 g/mol. The SMILES string of the molecule is CC1(NC(=O)Cc2coc(-c3cccs3)n2)CCCc2ccccc21. The predicted octanol–water partition coefficient (Wildman–Crippen LogP) is 4.31. The van der Waals surface area contributed by atoms with Gasteiger partial charge in [0.05, 0.1) is 22.5 Å². The molecule has 2 aromatic heterocycles. The minimum atomic E-state index is -0.313. The number of oxazole rings is 1. The summed E-state index contributed by atoms with van der Waals surface area (Å²) in [5, 5.41) is 5.21. The molecule has 4 rings (SSSR count). The lowest BCUT2D eigenvalue weighted by atomic mass is 9.77. The normalized spacial score (nSPS) is 19.4. The van der Waals surface area contributed by atoms with Crippen molar-refractivity contribution >= 4 is 17.2 Å². The summed E-state index contributed by atoms with van der Waals surface area (Å²) in [6.45, 7) is 2.11. The van der Waals surface area contributed by atoms with Gasteiger partial charge in [0.25, 0.3) is 0 Å². The number of carbonyl (C=O) groups is 1. The van der Waals surface area contributed by atoms with Crippen molar-refractivity contribution in [1.82, 2.24) is 10.3 Å². The first kappa shape index (κ1) is 16.1. The Balaban J connectivity index is 1.48. The second kappa shape index (κ2) is 6.48. The summed E-state index contributed by atoms with van der Waals surface area (Å²) in [6, 6.07) is 12.3. The molecule has 3 aromatic rings. The van der Waals surface area contributed by atoms with Gasteiger partial charge in [0.15, 0.2) is 0 Å². The third kappa shape index (κ3) is 3.24. The quantitative estimate of drug-likeness (QED) is 0.761. The lowest BCUT2D eigenvalue weighted by Gasteiger charge is -2.36. The van der Waals surface area contributed by atoms with E-state index in [0.29, 0.717) is 11.6 Å². The molecule has 4 nitrogen and oxygen atoms in total. The van der Waals surface area contributed by atoms with Crippen LogP contribution in [0.5, 0.6) is 0 Å². The van der Waals surface area contributed by atoms with Gasteiger partial charge in [-0.05, 0) is 48.8 Å². The van der Waals surface area contributed by atoms with Crippen LogP contribution in [0.2, 0.25) is 0 Å². The van der Waals surface area contributed by atoms with Crippen LogP contribution in [0.3, 0.4) is 0 Å². The molecule has 1 atom stereocenters. The van der Waals surface area contributed by atoms with Crippen LogP contribution in [0.15, 0.2) is 52.5 Å². The van der Waals surface area contributed by atoms with E-state index >= 15 is 0 Å². The molecule has 2 heterocycles. The summed E-state index contributed by atoms with van der Waals surface area (Å²) in [4.78, 5) is 18.0. The van der Waals surface area contributed by atoms with Gasteiger partial charge in [0, 0.05) is 0 Å². The highest BCUT2D eigenvalue weighted by molar-refractivity contribution is 7.13. The number of hydrogen-bond acceptors (Lipinski definition) is 4. The molecule has 5 heteroatoms. The van der Waals surface area contributed by atoms with E-state index in [4.69, 9.17) is 4.42 Å². The fraction of sp³-hybridized carbons (Fsp3) is 0.300. The van der Waals surface area contributed by atoms with E-state index < -0.39 is 0 Å². The first-order valence-electron chi connectivity index (χ1n) is 8.52. The van der Waals surface area contributed by atoms with Crippen molar-refractivity contribution in [3.8, 4) is 10.8 Å². The topological polar surface area (TPSA) is 55.1 Å². The molecule has 0 saturated heterocycles. The Hall–Kier alpha value is -2.40. The van der Waals surface area contributed by atoms with Gasteiger partial charge in [0.2, 0.25) is 11.8 Å². The number of aromatic nitrogens is 1. The van der Waals surface area contributed by atoms with Crippen LogP contribution in [0.4, 0.5) is 0 Å². The Labute approximate surface area is 150 Å². The number of carbonyl (C=O) groups excluding carboxylic acids is 1. The maximum Gasteiger partial charge on any atom is 0.236 e. The van der Waals surface area contributed by atoms with Gasteiger partial charge >= 0.3 is 0 Å². The molecule has 0 saturated carbocycles. The third-order valence-corrected chi connectivity index (χ3v) is 5.63. The Kier molecular flexibility index (Phi) is 4.17. The molecule has 0 spiro atoms. The van der Waals surface area contributed by atoms with E-state index in [1.54, 1.807) is 17.6 Å². The molecule has 25 heavy (non-hydrogen) atoms. The molecule has 0 radical (unpaired) electrons. The zero-order valence-electron chi connectivity index (χ0n) is 14.1. The third-order valence-electron chi connectivity index (χ3n) is 4.78. The number of aryl methyl sites for hydroxylation is 1. The maximum absolute atomic E-state index is 12.6. The van der Waals surface area contributed by atoms with E-state index in [0.717, 1.165) is 24.1 Å². The van der Waals surface area contributed by atoms with Crippen molar-refractivity contribution in [3.63, 3.8) is 0 Å². The van der Waals surface area contributed by atoms with Crippen LogP contribution in [0.25, 0.3) is 10.8 Å². The Bertz CT molecular complexity index is 885. The van der Waals surface area contributed by atoms with Crippen molar-refractivity contribution in [3.05, 3.63) is 64.9 Å². The highest BCUT2D eigenvalue weighted by atomic mass is 32.1. The number of nitrogens with zero attached hydrogens (tertiary/aromatic N) is 1. The molecule has 1 unspecified atom stereocenters. The fourth-order valence-corrected chi connectivity index (χ4v) is 4.25. The van der Waals surface area contributed by atoms with Gasteiger partial charge in [-0.15, -0.1) is 11.3 Å². The van der Waals surface area contributed by atoms with Gasteiger partial charge < -0.3 is 9.73 Å². The van der Waals surface area contributed by atoms with Crippen molar-refractivity contribution in [2.24, 2.45) is 0 Å². The minimum Gasteiger partial charge on any atom is -0.444 e. The van der Waals surface area contributed by atoms with Gasteiger partial charge in [-0.25, -0.2) is 4.98 Å². The van der Waals surface area contributed by atoms with Crippen LogP contribution in [-0.2, 0) is 23.2 Å². The fourth-order valence-electron chi connectivity index (χ4n) is 3.59. The summed E-state index contributed by atoms with van der Waals surface area (Å²) in [6.07, 6.45) is 4.92. The lowest BCUT2D eigenvalue weighted by molar-refractivity contribution is -0.122. The number of fused-ring (bicyclic) bond motifs is 1. The number of benzene rings is 1. The van der Waals surface area contributed by atoms with Crippen LogP contribution < -0.4 is 5.32 Å². The number of rotatable bonds is 4. The van der Waals surface area contributed by atoms with Gasteiger partial charge in [0.1, 0.15) is 6.26 Å². The summed E-state index contributed by atoms with van der Waals surface area (Å²) in [7, 11) is 0. The smallest absolute Gasteiger partial charge is 0.236 e. The average Bonchev–Trinajstić information content (AvgIpc) is 3.26. The molecule has 0 aliphatic heterocycles. The monoisotopic (exact) mass is 352 g/mol. The van der Waals surface area contributed by atoms with Crippen LogP contribution in [-0.4, -0.2) is 10.9 Å². The standard InChI is InChI=1S/C20H20N2O2S/c1-20(10-4-7-14-6-2-3-8-16(14)20)22-18(23)12-15-13-24-19(21-15)17-9-5-11-25-17/h2-3,5-6,8-9,11,13H,4,7,10,12H2,1H3,(H,22,23). The lowest BCUT2D eigenvalue weighted by Crippen LogP contribution is -2.46. The zero-order valence-corrected chi connectivity index (χ0v) is 14.9. The maximum atomic E-state index is 12.6. The summed E-state index contributed by atoms with van der Waals surface area (Å²) < 4.78 is 5.50. The van der Waals surface area contributed by atoms with Crippen molar-refractivity contribution < 1.29 is 9.21 Å². The average molecular weight is 352 g/mol. The van der Waals surface area contributed by atoms with Crippen LogP contribution in [0.1, 0.15) is 36.6 Å². The second-order valence-electron chi connectivity index (χ2n) is 6.69. The molecule has 0 fully saturated rings. The van der Waals surface area contributed by atoms with E-state index in [1.807, 2.05) is 23.6 Å². The van der Waals surface area contributed by atoms with Crippen molar-refractivity contribution in [1.29, 1.82) is 0 Å². The Morgan fingerprint density at radius 2 is 2.20 bits per heavy atom. The summed E-state index contributed by atoms with van der Waals surface area (Å²) in [5.74, 6) is 0.553. The van der Waals surface area contributed by atoms with Crippen LogP contribution >= 0.6 is 11.3 Å². The number of hydrogen-bond donors (Lipinski definition) is 1. The van der Waals surface area contributed by atoms with E-state index in [1.165, 1.54) is 11.1 Å². The number of thiophene rings is 1. The van der Waals surface area contributed by atoms with Gasteiger partial charge in [-0.1, -0.05) is 30.3 Å². The van der Waals surface area contributed by atoms with E-state index in [-0.39, 0.29) is 17.9 Å². The highest BCUT2D eigenvalue weighted by Crippen LogP contribution is 2.35. The van der Waals surface area contributed by atoms with Gasteiger partial charge in [-0.2, -0.15) is 0 Å². The van der Waals surface area contributed by atoms with Crippen LogP contribution in [0, 0.1) is 0 Å². The first-order chi connectivity index (χ1) is 12.1. The number of nitrogens with one attached hydrogen (secondary N) is 1. The van der Waals surface area contributed by atoms with Crippen molar-refractivity contribution in [2.75, 3.05) is 0 Å². The molecule has 0 bridgehead atoms. The Morgan fingerprint density at radius 3 is 3.04 bits per heavy atom. The minimum absolute atomic E-state index is 0.0229. The molecule has 1 aromatic carbocycles. The largest absolute Gasteiger partial charge is 0.444 e. The van der Waals surface area contributed by atoms with E-state index in [9.17, 15) is 4.79 Å². The van der Waals surface area contributed by atoms with E-state index in [2.05, 4.69) is 35.4 Å². The zero-order chi connectivity index (χ0) is 17.3. The molecule has 1 aliphatic carbocycles. The molecule has 128 valence electrons. The van der Waals surface area contributed by atoms with Gasteiger partial charge in [-0.3, -0.25) is 4.79 Å². The predicted molar refractivity (Wildman–Crippen MR) is 98.4 cm³/mol. The first-order valence-corrected chi connectivity index (χ1v) is 9.40. The summed E-state index contributed by atoms with van der Waals surface area (Å²) in [5.41, 5.74) is 2.91. The number of amides is 1. The Morgan fingerprint density at radius 1 is 1.32 bits per heavy atom. The van der Waals surface area contributed by atoms with Crippen molar-refractivity contribution in [2.45, 2.75) is 38.1 Å².